The number of carbonyl (C=O) groups excluding carboxylic acids is 1. The summed E-state index contributed by atoms with van der Waals surface area (Å²) in [7, 11) is 1.56. The number of hydrogen-bond donors (Lipinski definition) is 1. The molecule has 0 saturated carbocycles. The van der Waals surface area contributed by atoms with E-state index in [1.165, 1.54) is 16.6 Å². The van der Waals surface area contributed by atoms with E-state index in [1.807, 2.05) is 25.1 Å². The van der Waals surface area contributed by atoms with Crippen molar-refractivity contribution in [3.8, 4) is 5.75 Å². The molecule has 0 unspecified atom stereocenters. The summed E-state index contributed by atoms with van der Waals surface area (Å²) in [6, 6.07) is 9.22. The van der Waals surface area contributed by atoms with Gasteiger partial charge in [0.1, 0.15) is 5.75 Å². The van der Waals surface area contributed by atoms with Gasteiger partial charge in [-0.25, -0.2) is 0 Å². The van der Waals surface area contributed by atoms with Gasteiger partial charge >= 0.3 is 5.97 Å². The monoisotopic (exact) mass is 362 g/mol. The lowest BCUT2D eigenvalue weighted by Crippen LogP contribution is -2.01. The Morgan fingerprint density at radius 3 is 2.71 bits per heavy atom. The Morgan fingerprint density at radius 2 is 2.08 bits per heavy atom. The second-order valence-electron chi connectivity index (χ2n) is 5.06. The highest BCUT2D eigenvalue weighted by Gasteiger charge is 2.09. The minimum atomic E-state index is -0.861. The molecule has 0 bridgehead atoms. The van der Waals surface area contributed by atoms with Gasteiger partial charge in [0, 0.05) is 26.6 Å². The molecular formula is C18H18O4S2. The number of methoxy groups -OCH3 is 1. The zero-order valence-corrected chi connectivity index (χ0v) is 15.1. The van der Waals surface area contributed by atoms with Crippen molar-refractivity contribution in [2.24, 2.45) is 0 Å². The lowest BCUT2D eigenvalue weighted by atomic mass is 10.1. The summed E-state index contributed by atoms with van der Waals surface area (Å²) in [4.78, 5) is 25.2. The zero-order chi connectivity index (χ0) is 17.5. The topological polar surface area (TPSA) is 63.6 Å². The van der Waals surface area contributed by atoms with Gasteiger partial charge in [0.25, 0.3) is 0 Å². The molecule has 1 aromatic heterocycles. The zero-order valence-electron chi connectivity index (χ0n) is 13.4. The molecule has 0 aliphatic heterocycles. The van der Waals surface area contributed by atoms with Gasteiger partial charge in [0.2, 0.25) is 0 Å². The van der Waals surface area contributed by atoms with Crippen molar-refractivity contribution in [3.63, 3.8) is 0 Å². The number of aliphatic carboxylic acids is 1. The van der Waals surface area contributed by atoms with E-state index in [4.69, 9.17) is 9.84 Å². The van der Waals surface area contributed by atoms with E-state index in [2.05, 4.69) is 0 Å². The molecule has 24 heavy (non-hydrogen) atoms. The molecule has 2 aromatic rings. The van der Waals surface area contributed by atoms with Crippen LogP contribution in [0, 0.1) is 6.92 Å². The van der Waals surface area contributed by atoms with E-state index >= 15 is 0 Å². The smallest absolute Gasteiger partial charge is 0.313 e. The molecule has 0 spiro atoms. The molecule has 4 nitrogen and oxygen atoms in total. The molecule has 0 aliphatic carbocycles. The molecule has 0 amide bonds. The first-order valence-electron chi connectivity index (χ1n) is 7.25. The van der Waals surface area contributed by atoms with Crippen LogP contribution in [0.1, 0.15) is 25.7 Å². The van der Waals surface area contributed by atoms with Gasteiger partial charge in [-0.3, -0.25) is 9.59 Å². The molecule has 1 aromatic carbocycles. The highest BCUT2D eigenvalue weighted by atomic mass is 32.2. The van der Waals surface area contributed by atoms with Crippen LogP contribution in [0.25, 0.3) is 6.08 Å². The van der Waals surface area contributed by atoms with E-state index in [1.54, 1.807) is 42.7 Å². The summed E-state index contributed by atoms with van der Waals surface area (Å²) < 4.78 is 5.28. The van der Waals surface area contributed by atoms with Crippen molar-refractivity contribution in [3.05, 3.63) is 57.3 Å². The Hall–Kier alpha value is -2.05. The number of benzene rings is 1. The standard InChI is InChI=1S/C18H18O4S2/c1-12-3-5-15(24-12)6-7-16(19)13-4-8-17(22-2)14(9-13)10-23-11-18(20)21/h3-9H,10-11H2,1-2H3,(H,20,21)/b7-6+. The third-order valence-corrected chi connectivity index (χ3v) is 5.14. The molecule has 0 radical (unpaired) electrons. The number of thiophene rings is 1. The van der Waals surface area contributed by atoms with Gasteiger partial charge in [0.15, 0.2) is 5.78 Å². The molecule has 0 saturated heterocycles. The van der Waals surface area contributed by atoms with Crippen LogP contribution in [-0.2, 0) is 10.5 Å². The van der Waals surface area contributed by atoms with Crippen molar-refractivity contribution >= 4 is 40.9 Å². The van der Waals surface area contributed by atoms with E-state index in [0.29, 0.717) is 17.1 Å². The lowest BCUT2D eigenvalue weighted by molar-refractivity contribution is -0.133. The summed E-state index contributed by atoms with van der Waals surface area (Å²) in [6.45, 7) is 2.02. The largest absolute Gasteiger partial charge is 0.496 e. The summed E-state index contributed by atoms with van der Waals surface area (Å²) >= 11 is 2.90. The number of ether oxygens (including phenoxy) is 1. The average Bonchev–Trinajstić information content (AvgIpc) is 2.97. The number of thioether (sulfide) groups is 1. The van der Waals surface area contributed by atoms with Crippen molar-refractivity contribution in [1.82, 2.24) is 0 Å². The van der Waals surface area contributed by atoms with Gasteiger partial charge in [-0.1, -0.05) is 0 Å². The van der Waals surface area contributed by atoms with E-state index < -0.39 is 5.97 Å². The Balaban J connectivity index is 2.12. The molecule has 1 N–H and O–H groups in total. The SMILES string of the molecule is COc1ccc(C(=O)/C=C/c2ccc(C)s2)cc1CSCC(=O)O. The molecule has 0 atom stereocenters. The van der Waals surface area contributed by atoms with Crippen molar-refractivity contribution in [1.29, 1.82) is 0 Å². The second-order valence-corrected chi connectivity index (χ2v) is 7.36. The van der Waals surface area contributed by atoms with E-state index in [9.17, 15) is 9.59 Å². The van der Waals surface area contributed by atoms with Gasteiger partial charge in [0.05, 0.1) is 12.9 Å². The molecule has 2 rings (SSSR count). The van der Waals surface area contributed by atoms with Crippen molar-refractivity contribution in [2.75, 3.05) is 12.9 Å². The van der Waals surface area contributed by atoms with Crippen molar-refractivity contribution < 1.29 is 19.4 Å². The number of aryl methyl sites for hydroxylation is 1. The first-order chi connectivity index (χ1) is 11.5. The number of carboxylic acids is 1. The fourth-order valence-corrected chi connectivity index (χ4v) is 3.59. The van der Waals surface area contributed by atoms with Gasteiger partial charge in [-0.2, -0.15) is 0 Å². The van der Waals surface area contributed by atoms with Crippen LogP contribution in [0.5, 0.6) is 5.75 Å². The summed E-state index contributed by atoms with van der Waals surface area (Å²) in [5, 5.41) is 8.73. The first kappa shape index (κ1) is 18.3. The predicted octanol–water partition coefficient (Wildman–Crippen LogP) is 4.28. The maximum absolute atomic E-state index is 12.3. The number of ketones is 1. The number of allylic oxidation sites excluding steroid dienone is 1. The fourth-order valence-electron chi connectivity index (χ4n) is 2.09. The van der Waals surface area contributed by atoms with Crippen LogP contribution in [0.3, 0.4) is 0 Å². The molecule has 126 valence electrons. The Kier molecular flexibility index (Phi) is 6.63. The van der Waals surface area contributed by atoms with Crippen LogP contribution >= 0.6 is 23.1 Å². The molecular weight excluding hydrogens is 344 g/mol. The number of hydrogen-bond acceptors (Lipinski definition) is 5. The quantitative estimate of drug-likeness (QED) is 0.561. The van der Waals surface area contributed by atoms with Crippen LogP contribution in [0.4, 0.5) is 0 Å². The van der Waals surface area contributed by atoms with Gasteiger partial charge < -0.3 is 9.84 Å². The lowest BCUT2D eigenvalue weighted by Gasteiger charge is -2.09. The minimum absolute atomic E-state index is 0.0129. The van der Waals surface area contributed by atoms with Crippen LogP contribution in [-0.4, -0.2) is 29.7 Å². The third-order valence-electron chi connectivity index (χ3n) is 3.21. The molecule has 1 heterocycles. The second kappa shape index (κ2) is 8.70. The maximum Gasteiger partial charge on any atom is 0.313 e. The Labute approximate surface area is 149 Å². The third kappa shape index (κ3) is 5.25. The summed E-state index contributed by atoms with van der Waals surface area (Å²) in [6.07, 6.45) is 3.37. The van der Waals surface area contributed by atoms with Crippen molar-refractivity contribution in [2.45, 2.75) is 12.7 Å². The predicted molar refractivity (Wildman–Crippen MR) is 99.2 cm³/mol. The van der Waals surface area contributed by atoms with E-state index in [0.717, 1.165) is 10.4 Å². The molecule has 0 aliphatic rings. The number of rotatable bonds is 8. The van der Waals surface area contributed by atoms with Crippen LogP contribution in [0.15, 0.2) is 36.4 Å². The molecule has 0 fully saturated rings. The maximum atomic E-state index is 12.3. The minimum Gasteiger partial charge on any atom is -0.496 e. The number of carboxylic acid groups (broad SMARTS) is 1. The van der Waals surface area contributed by atoms with E-state index in [-0.39, 0.29) is 11.5 Å². The van der Waals surface area contributed by atoms with Crippen LogP contribution < -0.4 is 4.74 Å². The average molecular weight is 362 g/mol. The summed E-state index contributed by atoms with van der Waals surface area (Å²) in [5.74, 6) is 0.194. The highest BCUT2D eigenvalue weighted by Crippen LogP contribution is 2.25. The normalized spacial score (nSPS) is 10.9. The van der Waals surface area contributed by atoms with Gasteiger partial charge in [-0.05, 0) is 49.4 Å². The Morgan fingerprint density at radius 1 is 1.29 bits per heavy atom. The van der Waals surface area contributed by atoms with Gasteiger partial charge in [-0.15, -0.1) is 23.1 Å². The number of carbonyl (C=O) groups is 2. The summed E-state index contributed by atoms with van der Waals surface area (Å²) in [5.41, 5.74) is 1.38. The fraction of sp³-hybridized carbons (Fsp3) is 0.222. The molecule has 6 heteroatoms. The van der Waals surface area contributed by atoms with Crippen LogP contribution in [0.2, 0.25) is 0 Å². The highest BCUT2D eigenvalue weighted by molar-refractivity contribution is 7.99. The first-order valence-corrected chi connectivity index (χ1v) is 9.22. The Bertz CT molecular complexity index is 762.